The summed E-state index contributed by atoms with van der Waals surface area (Å²) >= 11 is 0. The van der Waals surface area contributed by atoms with E-state index in [9.17, 15) is 13.2 Å². The van der Waals surface area contributed by atoms with E-state index >= 15 is 0 Å². The van der Waals surface area contributed by atoms with Crippen molar-refractivity contribution < 1.29 is 17.9 Å². The Morgan fingerprint density at radius 1 is 1.20 bits per heavy atom. The van der Waals surface area contributed by atoms with Crippen LogP contribution in [0.2, 0.25) is 0 Å². The summed E-state index contributed by atoms with van der Waals surface area (Å²) in [5, 5.41) is 0. The topological polar surface area (TPSA) is 66.9 Å². The molecule has 1 amide bonds. The first-order chi connectivity index (χ1) is 11.7. The molecular formula is C18H28N2O4S. The van der Waals surface area contributed by atoms with E-state index < -0.39 is 10.0 Å². The van der Waals surface area contributed by atoms with Crippen LogP contribution in [0, 0.1) is 6.92 Å². The summed E-state index contributed by atoms with van der Waals surface area (Å²) in [5.41, 5.74) is 1.56. The maximum absolute atomic E-state index is 13.1. The number of methoxy groups -OCH3 is 1. The molecule has 1 aliphatic rings. The molecule has 0 bridgehead atoms. The number of sulfonamides is 1. The lowest BCUT2D eigenvalue weighted by atomic mass is 10.0. The fourth-order valence-corrected chi connectivity index (χ4v) is 4.79. The van der Waals surface area contributed by atoms with Crippen LogP contribution < -0.4 is 4.74 Å². The van der Waals surface area contributed by atoms with E-state index in [1.807, 2.05) is 20.8 Å². The van der Waals surface area contributed by atoms with Gasteiger partial charge in [-0.1, -0.05) is 20.8 Å². The van der Waals surface area contributed by atoms with Crippen LogP contribution in [-0.2, 0) is 14.8 Å². The zero-order chi connectivity index (χ0) is 18.8. The van der Waals surface area contributed by atoms with Gasteiger partial charge in [0, 0.05) is 32.6 Å². The zero-order valence-electron chi connectivity index (χ0n) is 15.7. The number of aryl methyl sites for hydroxylation is 1. The molecule has 1 aromatic rings. The number of nitrogens with zero attached hydrogens (tertiary/aromatic N) is 2. The van der Waals surface area contributed by atoms with E-state index in [1.54, 1.807) is 31.1 Å². The van der Waals surface area contributed by atoms with Gasteiger partial charge >= 0.3 is 0 Å². The second kappa shape index (κ2) is 7.74. The van der Waals surface area contributed by atoms with Crippen LogP contribution in [-0.4, -0.2) is 56.8 Å². The molecule has 0 radical (unpaired) electrons. The third kappa shape index (κ3) is 3.98. The average molecular weight is 368 g/mol. The highest BCUT2D eigenvalue weighted by Crippen LogP contribution is 2.33. The summed E-state index contributed by atoms with van der Waals surface area (Å²) < 4.78 is 33.1. The number of benzene rings is 1. The van der Waals surface area contributed by atoms with E-state index in [4.69, 9.17) is 4.74 Å². The minimum Gasteiger partial charge on any atom is -0.496 e. The molecule has 2 rings (SSSR count). The third-order valence-corrected chi connectivity index (χ3v) is 6.70. The maximum atomic E-state index is 13.1. The average Bonchev–Trinajstić information content (AvgIpc) is 2.60. The molecule has 1 fully saturated rings. The van der Waals surface area contributed by atoms with Crippen LogP contribution in [0.1, 0.15) is 44.2 Å². The standard InChI is InChI=1S/C18H28N2O4S/c1-6-18(21)19-7-9-20(10-8-19)25(22,23)17-12-15(13(2)3)16(24-5)11-14(17)4/h11-13H,6-10H2,1-5H3. The van der Waals surface area contributed by atoms with Gasteiger partial charge in [-0.3, -0.25) is 4.79 Å². The fourth-order valence-electron chi connectivity index (χ4n) is 3.12. The minimum atomic E-state index is -3.59. The monoisotopic (exact) mass is 368 g/mol. The van der Waals surface area contributed by atoms with Crippen molar-refractivity contribution in [1.82, 2.24) is 9.21 Å². The van der Waals surface area contributed by atoms with E-state index in [0.29, 0.717) is 48.8 Å². The molecule has 0 N–H and O–H groups in total. The summed E-state index contributed by atoms with van der Waals surface area (Å²) in [5.74, 6) is 0.938. The predicted octanol–water partition coefficient (Wildman–Crippen LogP) is 2.37. The van der Waals surface area contributed by atoms with Gasteiger partial charge in [0.1, 0.15) is 5.75 Å². The summed E-state index contributed by atoms with van der Waals surface area (Å²) in [4.78, 5) is 13.8. The van der Waals surface area contributed by atoms with Gasteiger partial charge in [0.15, 0.2) is 0 Å². The first-order valence-corrected chi connectivity index (χ1v) is 10.1. The molecule has 1 saturated heterocycles. The van der Waals surface area contributed by atoms with Crippen molar-refractivity contribution >= 4 is 15.9 Å². The molecule has 6 nitrogen and oxygen atoms in total. The van der Waals surface area contributed by atoms with Crippen LogP contribution in [0.15, 0.2) is 17.0 Å². The molecule has 0 atom stereocenters. The molecule has 25 heavy (non-hydrogen) atoms. The number of ether oxygens (including phenoxy) is 1. The lowest BCUT2D eigenvalue weighted by molar-refractivity contribution is -0.132. The Balaban J connectivity index is 2.31. The van der Waals surface area contributed by atoms with Gasteiger partial charge in [-0.05, 0) is 36.1 Å². The second-order valence-electron chi connectivity index (χ2n) is 6.65. The smallest absolute Gasteiger partial charge is 0.243 e. The summed E-state index contributed by atoms with van der Waals surface area (Å²) in [7, 11) is -1.99. The SMILES string of the molecule is CCC(=O)N1CCN(S(=O)(=O)c2cc(C(C)C)c(OC)cc2C)CC1. The minimum absolute atomic E-state index is 0.0692. The van der Waals surface area contributed by atoms with Crippen molar-refractivity contribution in [3.8, 4) is 5.75 Å². The lowest BCUT2D eigenvalue weighted by Crippen LogP contribution is -2.50. The molecule has 0 aromatic heterocycles. The van der Waals surface area contributed by atoms with E-state index in [0.717, 1.165) is 5.56 Å². The predicted molar refractivity (Wildman–Crippen MR) is 97.4 cm³/mol. The van der Waals surface area contributed by atoms with Gasteiger partial charge in [-0.2, -0.15) is 4.31 Å². The second-order valence-corrected chi connectivity index (χ2v) is 8.56. The van der Waals surface area contributed by atoms with E-state index in [2.05, 4.69) is 0 Å². The molecule has 7 heteroatoms. The van der Waals surface area contributed by atoms with Gasteiger partial charge in [-0.25, -0.2) is 8.42 Å². The summed E-state index contributed by atoms with van der Waals surface area (Å²) in [6, 6.07) is 3.52. The van der Waals surface area contributed by atoms with Crippen LogP contribution in [0.4, 0.5) is 0 Å². The number of carbonyl (C=O) groups excluding carboxylic acids is 1. The Morgan fingerprint density at radius 2 is 1.80 bits per heavy atom. The largest absolute Gasteiger partial charge is 0.496 e. The van der Waals surface area contributed by atoms with Crippen LogP contribution in [0.25, 0.3) is 0 Å². The van der Waals surface area contributed by atoms with Crippen molar-refractivity contribution in [1.29, 1.82) is 0 Å². The Hall–Kier alpha value is -1.60. The highest BCUT2D eigenvalue weighted by molar-refractivity contribution is 7.89. The first-order valence-electron chi connectivity index (χ1n) is 8.68. The van der Waals surface area contributed by atoms with Crippen molar-refractivity contribution in [2.45, 2.75) is 44.9 Å². The first kappa shape index (κ1) is 19.7. The Bertz CT molecular complexity index is 736. The number of amides is 1. The molecule has 1 aromatic carbocycles. The van der Waals surface area contributed by atoms with Gasteiger partial charge in [0.25, 0.3) is 0 Å². The van der Waals surface area contributed by atoms with Crippen molar-refractivity contribution in [2.75, 3.05) is 33.3 Å². The van der Waals surface area contributed by atoms with Crippen molar-refractivity contribution in [2.24, 2.45) is 0 Å². The number of rotatable bonds is 5. The number of carbonyl (C=O) groups is 1. The molecule has 140 valence electrons. The Morgan fingerprint density at radius 3 is 2.28 bits per heavy atom. The lowest BCUT2D eigenvalue weighted by Gasteiger charge is -2.34. The molecule has 1 aliphatic heterocycles. The summed E-state index contributed by atoms with van der Waals surface area (Å²) in [6.45, 7) is 9.18. The van der Waals surface area contributed by atoms with Crippen molar-refractivity contribution in [3.63, 3.8) is 0 Å². The molecule has 0 unspecified atom stereocenters. The third-order valence-electron chi connectivity index (χ3n) is 4.66. The number of hydrogen-bond acceptors (Lipinski definition) is 4. The summed E-state index contributed by atoms with van der Waals surface area (Å²) in [6.07, 6.45) is 0.447. The molecule has 1 heterocycles. The van der Waals surface area contributed by atoms with Crippen LogP contribution in [0.3, 0.4) is 0 Å². The van der Waals surface area contributed by atoms with Gasteiger partial charge in [0.2, 0.25) is 15.9 Å². The number of hydrogen-bond donors (Lipinski definition) is 0. The Labute approximate surface area is 150 Å². The highest BCUT2D eigenvalue weighted by Gasteiger charge is 2.31. The van der Waals surface area contributed by atoms with Crippen LogP contribution >= 0.6 is 0 Å². The highest BCUT2D eigenvalue weighted by atomic mass is 32.2. The molecule has 0 saturated carbocycles. The van der Waals surface area contributed by atoms with Crippen molar-refractivity contribution in [3.05, 3.63) is 23.3 Å². The number of piperazine rings is 1. The zero-order valence-corrected chi connectivity index (χ0v) is 16.5. The van der Waals surface area contributed by atoms with E-state index in [-0.39, 0.29) is 11.8 Å². The van der Waals surface area contributed by atoms with Gasteiger partial charge < -0.3 is 9.64 Å². The fraction of sp³-hybridized carbons (Fsp3) is 0.611. The quantitative estimate of drug-likeness (QED) is 0.800. The normalized spacial score (nSPS) is 16.3. The van der Waals surface area contributed by atoms with Gasteiger partial charge in [0.05, 0.1) is 12.0 Å². The van der Waals surface area contributed by atoms with E-state index in [1.165, 1.54) is 4.31 Å². The molecular weight excluding hydrogens is 340 g/mol. The maximum Gasteiger partial charge on any atom is 0.243 e. The molecule has 0 spiro atoms. The molecule has 0 aliphatic carbocycles. The van der Waals surface area contributed by atoms with Crippen LogP contribution in [0.5, 0.6) is 5.75 Å². The van der Waals surface area contributed by atoms with Gasteiger partial charge in [-0.15, -0.1) is 0 Å². The Kier molecular flexibility index (Phi) is 6.11.